The molecule has 186 valence electrons. The average molecular weight is 485 g/mol. The molecular formula is C28H32N6O2. The van der Waals surface area contributed by atoms with Crippen LogP contribution in [0.15, 0.2) is 84.0 Å². The van der Waals surface area contributed by atoms with Gasteiger partial charge < -0.3 is 9.64 Å². The SMILES string of the molecule is CCn1cc(CN2CCN(c3cnn(-c4ccccc4)c(=O)c3OCCc3ccccc3)CC2)cn1. The molecule has 1 aliphatic heterocycles. The maximum absolute atomic E-state index is 13.5. The lowest BCUT2D eigenvalue weighted by atomic mass is 10.2. The van der Waals surface area contributed by atoms with E-state index in [2.05, 4.69) is 45.3 Å². The van der Waals surface area contributed by atoms with Gasteiger partial charge in [0.1, 0.15) is 5.69 Å². The van der Waals surface area contributed by atoms with Crippen LogP contribution in [-0.2, 0) is 19.5 Å². The number of nitrogens with zero attached hydrogens (tertiary/aromatic N) is 6. The van der Waals surface area contributed by atoms with Gasteiger partial charge in [0, 0.05) is 57.4 Å². The highest BCUT2D eigenvalue weighted by Gasteiger charge is 2.24. The fourth-order valence-corrected chi connectivity index (χ4v) is 4.52. The van der Waals surface area contributed by atoms with Gasteiger partial charge in [-0.05, 0) is 24.6 Å². The van der Waals surface area contributed by atoms with Crippen molar-refractivity contribution in [3.8, 4) is 11.4 Å². The maximum Gasteiger partial charge on any atom is 0.316 e. The summed E-state index contributed by atoms with van der Waals surface area (Å²) in [6.07, 6.45) is 6.56. The van der Waals surface area contributed by atoms with Gasteiger partial charge in [-0.2, -0.15) is 14.9 Å². The third kappa shape index (κ3) is 5.49. The van der Waals surface area contributed by atoms with Gasteiger partial charge in [-0.3, -0.25) is 14.4 Å². The Hall–Kier alpha value is -3.91. The van der Waals surface area contributed by atoms with Crippen LogP contribution in [0.2, 0.25) is 0 Å². The lowest BCUT2D eigenvalue weighted by Gasteiger charge is -2.36. The fourth-order valence-electron chi connectivity index (χ4n) is 4.52. The molecule has 0 aliphatic carbocycles. The number of ether oxygens (including phenoxy) is 1. The summed E-state index contributed by atoms with van der Waals surface area (Å²) in [7, 11) is 0. The van der Waals surface area contributed by atoms with E-state index in [4.69, 9.17) is 4.74 Å². The van der Waals surface area contributed by atoms with Crippen molar-refractivity contribution in [1.82, 2.24) is 24.5 Å². The van der Waals surface area contributed by atoms with E-state index < -0.39 is 0 Å². The molecule has 8 nitrogen and oxygen atoms in total. The average Bonchev–Trinajstić information content (AvgIpc) is 3.39. The summed E-state index contributed by atoms with van der Waals surface area (Å²) in [5.74, 6) is 0.363. The number of aryl methyl sites for hydroxylation is 1. The van der Waals surface area contributed by atoms with Crippen LogP contribution in [0.4, 0.5) is 5.69 Å². The van der Waals surface area contributed by atoms with Gasteiger partial charge in [0.15, 0.2) is 0 Å². The van der Waals surface area contributed by atoms with Crippen LogP contribution < -0.4 is 15.2 Å². The van der Waals surface area contributed by atoms with Gasteiger partial charge in [-0.25, -0.2) is 0 Å². The Morgan fingerprint density at radius 3 is 2.28 bits per heavy atom. The molecule has 0 atom stereocenters. The van der Waals surface area contributed by atoms with Gasteiger partial charge in [-0.1, -0.05) is 48.5 Å². The van der Waals surface area contributed by atoms with Crippen LogP contribution in [0.1, 0.15) is 18.1 Å². The van der Waals surface area contributed by atoms with Crippen LogP contribution >= 0.6 is 0 Å². The van der Waals surface area contributed by atoms with Crippen molar-refractivity contribution < 1.29 is 4.74 Å². The van der Waals surface area contributed by atoms with E-state index in [0.29, 0.717) is 12.4 Å². The second-order valence-electron chi connectivity index (χ2n) is 8.96. The van der Waals surface area contributed by atoms with Gasteiger partial charge in [0.25, 0.3) is 0 Å². The predicted octanol–water partition coefficient (Wildman–Crippen LogP) is 3.39. The number of aromatic nitrogens is 4. The number of piperazine rings is 1. The standard InChI is InChI=1S/C28H32N6O2/c1-2-33-22-24(19-29-33)21-31-14-16-32(17-15-31)26-20-30-34(25-11-7-4-8-12-25)28(35)27(26)36-18-13-23-9-5-3-6-10-23/h3-12,19-20,22H,2,13-18,21H2,1H3. The Labute approximate surface area is 211 Å². The van der Waals surface area contributed by atoms with Gasteiger partial charge in [0.2, 0.25) is 5.75 Å². The normalized spacial score (nSPS) is 14.2. The second-order valence-corrected chi connectivity index (χ2v) is 8.96. The summed E-state index contributed by atoms with van der Waals surface area (Å²) in [4.78, 5) is 18.2. The summed E-state index contributed by atoms with van der Waals surface area (Å²) < 4.78 is 9.56. The molecule has 0 unspecified atom stereocenters. The Kier molecular flexibility index (Phi) is 7.42. The molecule has 2 aromatic carbocycles. The molecule has 0 spiro atoms. The third-order valence-electron chi connectivity index (χ3n) is 6.53. The molecule has 36 heavy (non-hydrogen) atoms. The summed E-state index contributed by atoms with van der Waals surface area (Å²) in [5, 5.41) is 8.89. The molecule has 1 aliphatic rings. The molecule has 3 heterocycles. The van der Waals surface area contributed by atoms with E-state index in [-0.39, 0.29) is 5.56 Å². The van der Waals surface area contributed by atoms with E-state index in [9.17, 15) is 4.79 Å². The molecule has 8 heteroatoms. The third-order valence-corrected chi connectivity index (χ3v) is 6.53. The summed E-state index contributed by atoms with van der Waals surface area (Å²) >= 11 is 0. The topological polar surface area (TPSA) is 68.4 Å². The van der Waals surface area contributed by atoms with Crippen LogP contribution in [0.25, 0.3) is 5.69 Å². The van der Waals surface area contributed by atoms with E-state index in [0.717, 1.165) is 57.1 Å². The van der Waals surface area contributed by atoms with Crippen LogP contribution in [0, 0.1) is 0 Å². The Balaban J connectivity index is 1.33. The van der Waals surface area contributed by atoms with E-state index >= 15 is 0 Å². The molecule has 0 saturated carbocycles. The molecule has 0 bridgehead atoms. The minimum Gasteiger partial charge on any atom is -0.486 e. The number of benzene rings is 2. The summed E-state index contributed by atoms with van der Waals surface area (Å²) in [6.45, 7) is 7.65. The molecule has 0 radical (unpaired) electrons. The van der Waals surface area contributed by atoms with Gasteiger partial charge >= 0.3 is 5.56 Å². The molecule has 4 aromatic rings. The van der Waals surface area contributed by atoms with E-state index in [1.165, 1.54) is 15.8 Å². The number of para-hydroxylation sites is 1. The minimum absolute atomic E-state index is 0.235. The largest absolute Gasteiger partial charge is 0.486 e. The Bertz CT molecular complexity index is 1310. The fraction of sp³-hybridized carbons (Fsp3) is 0.321. The first-order valence-electron chi connectivity index (χ1n) is 12.5. The second kappa shape index (κ2) is 11.2. The number of anilines is 1. The summed E-state index contributed by atoms with van der Waals surface area (Å²) in [6, 6.07) is 19.7. The van der Waals surface area contributed by atoms with Crippen molar-refractivity contribution in [1.29, 1.82) is 0 Å². The lowest BCUT2D eigenvalue weighted by Crippen LogP contribution is -2.46. The highest BCUT2D eigenvalue weighted by molar-refractivity contribution is 5.57. The van der Waals surface area contributed by atoms with Crippen LogP contribution in [0.5, 0.6) is 5.75 Å². The molecule has 1 saturated heterocycles. The zero-order valence-corrected chi connectivity index (χ0v) is 20.7. The quantitative estimate of drug-likeness (QED) is 0.363. The predicted molar refractivity (Wildman–Crippen MR) is 141 cm³/mol. The zero-order chi connectivity index (χ0) is 24.7. The zero-order valence-electron chi connectivity index (χ0n) is 20.7. The van der Waals surface area contributed by atoms with E-state index in [1.807, 2.05) is 59.4 Å². The Morgan fingerprint density at radius 2 is 1.58 bits per heavy atom. The van der Waals surface area contributed by atoms with Crippen LogP contribution in [0.3, 0.4) is 0 Å². The molecular weight excluding hydrogens is 452 g/mol. The highest BCUT2D eigenvalue weighted by Crippen LogP contribution is 2.26. The van der Waals surface area contributed by atoms with Crippen molar-refractivity contribution in [3.05, 3.63) is 101 Å². The molecule has 0 amide bonds. The van der Waals surface area contributed by atoms with Crippen molar-refractivity contribution in [2.45, 2.75) is 26.4 Å². The number of hydrogen-bond acceptors (Lipinski definition) is 6. The lowest BCUT2D eigenvalue weighted by molar-refractivity contribution is 0.247. The molecule has 2 aromatic heterocycles. The Morgan fingerprint density at radius 1 is 0.861 bits per heavy atom. The minimum atomic E-state index is -0.235. The molecule has 0 N–H and O–H groups in total. The van der Waals surface area contributed by atoms with Gasteiger partial charge in [0.05, 0.1) is 24.7 Å². The van der Waals surface area contributed by atoms with Crippen molar-refractivity contribution in [2.75, 3.05) is 37.7 Å². The van der Waals surface area contributed by atoms with Gasteiger partial charge in [-0.15, -0.1) is 0 Å². The first-order chi connectivity index (χ1) is 17.7. The number of hydrogen-bond donors (Lipinski definition) is 0. The maximum atomic E-state index is 13.5. The van der Waals surface area contributed by atoms with Crippen LogP contribution in [-0.4, -0.2) is 57.2 Å². The van der Waals surface area contributed by atoms with Crippen molar-refractivity contribution in [2.24, 2.45) is 0 Å². The molecule has 5 rings (SSSR count). The van der Waals surface area contributed by atoms with E-state index in [1.54, 1.807) is 6.20 Å². The molecule has 1 fully saturated rings. The monoisotopic (exact) mass is 484 g/mol. The summed E-state index contributed by atoms with van der Waals surface area (Å²) in [5.41, 5.74) is 3.65. The number of rotatable bonds is 9. The van der Waals surface area contributed by atoms with Crippen molar-refractivity contribution in [3.63, 3.8) is 0 Å². The first-order valence-corrected chi connectivity index (χ1v) is 12.5. The first kappa shape index (κ1) is 23.8. The highest BCUT2D eigenvalue weighted by atomic mass is 16.5. The smallest absolute Gasteiger partial charge is 0.316 e. The van der Waals surface area contributed by atoms with Crippen molar-refractivity contribution >= 4 is 5.69 Å².